The Hall–Kier alpha value is -3.69. The molecule has 0 fully saturated rings. The molecule has 0 aliphatic carbocycles. The van der Waals surface area contributed by atoms with Crippen LogP contribution in [-0.4, -0.2) is 28.5 Å². The molecule has 0 unspecified atom stereocenters. The zero-order valence-electron chi connectivity index (χ0n) is 17.7. The molecule has 0 saturated heterocycles. The number of para-hydroxylation sites is 1. The summed E-state index contributed by atoms with van der Waals surface area (Å²) in [6.45, 7) is 1.43. The molecule has 2 N–H and O–H groups in total. The van der Waals surface area contributed by atoms with E-state index in [1.807, 2.05) is 18.2 Å². The summed E-state index contributed by atoms with van der Waals surface area (Å²) in [7, 11) is 1.48. The van der Waals surface area contributed by atoms with Crippen LogP contribution >= 0.6 is 22.9 Å². The van der Waals surface area contributed by atoms with E-state index in [1.54, 1.807) is 37.3 Å². The number of nitrogens with zero attached hydrogens (tertiary/aromatic N) is 2. The molecule has 0 atom stereocenters. The molecule has 0 spiro atoms. The van der Waals surface area contributed by atoms with Gasteiger partial charge in [0.25, 0.3) is 11.5 Å². The third kappa shape index (κ3) is 4.74. The molecule has 168 valence electrons. The number of carbonyl (C=O) groups excluding carboxylic acids is 2. The molecule has 0 aliphatic rings. The average Bonchev–Trinajstić information content (AvgIpc) is 3.14. The maximum Gasteiger partial charge on any atom is 0.266 e. The smallest absolute Gasteiger partial charge is 0.266 e. The lowest BCUT2D eigenvalue weighted by atomic mass is 10.2. The second-order valence-corrected chi connectivity index (χ2v) is 8.56. The lowest BCUT2D eigenvalue weighted by molar-refractivity contribution is -0.116. The fourth-order valence-corrected chi connectivity index (χ4v) is 4.53. The Kier molecular flexibility index (Phi) is 6.43. The Morgan fingerprint density at radius 3 is 2.64 bits per heavy atom. The molecule has 4 aromatic rings. The molecule has 4 rings (SSSR count). The molecule has 0 aliphatic heterocycles. The number of halogens is 1. The lowest BCUT2D eigenvalue weighted by Gasteiger charge is -2.11. The number of benzene rings is 2. The van der Waals surface area contributed by atoms with Crippen molar-refractivity contribution in [3.63, 3.8) is 0 Å². The number of methoxy groups -OCH3 is 1. The number of rotatable bonds is 6. The van der Waals surface area contributed by atoms with Gasteiger partial charge in [0.1, 0.15) is 17.1 Å². The fourth-order valence-electron chi connectivity index (χ4n) is 3.32. The SMILES string of the molecule is COc1ccc(Cl)cc1NC(=O)Cn1cnc2sc(C(=O)Nc3ccccc3)c(C)c2c1=O. The number of fused-ring (bicyclic) bond motifs is 1. The van der Waals surface area contributed by atoms with Gasteiger partial charge in [-0.15, -0.1) is 11.3 Å². The van der Waals surface area contributed by atoms with Crippen LogP contribution in [0.5, 0.6) is 5.75 Å². The van der Waals surface area contributed by atoms with Gasteiger partial charge in [0.15, 0.2) is 0 Å². The number of carbonyl (C=O) groups is 2. The van der Waals surface area contributed by atoms with Crippen molar-refractivity contribution >= 4 is 56.3 Å². The van der Waals surface area contributed by atoms with Crippen LogP contribution in [0.3, 0.4) is 0 Å². The summed E-state index contributed by atoms with van der Waals surface area (Å²) in [6, 6.07) is 13.9. The van der Waals surface area contributed by atoms with Crippen molar-refractivity contribution < 1.29 is 14.3 Å². The van der Waals surface area contributed by atoms with E-state index in [2.05, 4.69) is 15.6 Å². The summed E-state index contributed by atoms with van der Waals surface area (Å²) in [5.41, 5.74) is 1.16. The first kappa shape index (κ1) is 22.5. The molecule has 8 nitrogen and oxygen atoms in total. The van der Waals surface area contributed by atoms with Crippen molar-refractivity contribution in [2.75, 3.05) is 17.7 Å². The summed E-state index contributed by atoms with van der Waals surface area (Å²) < 4.78 is 6.43. The van der Waals surface area contributed by atoms with Crippen molar-refractivity contribution in [2.45, 2.75) is 13.5 Å². The van der Waals surface area contributed by atoms with Gasteiger partial charge in [-0.25, -0.2) is 4.98 Å². The van der Waals surface area contributed by atoms with Crippen molar-refractivity contribution in [3.8, 4) is 5.75 Å². The van der Waals surface area contributed by atoms with Gasteiger partial charge in [-0.05, 0) is 42.8 Å². The number of anilines is 2. The third-order valence-electron chi connectivity index (χ3n) is 4.90. The summed E-state index contributed by atoms with van der Waals surface area (Å²) in [5, 5.41) is 6.26. The first-order valence-corrected chi connectivity index (χ1v) is 11.0. The normalized spacial score (nSPS) is 10.8. The number of ether oxygens (including phenoxy) is 1. The van der Waals surface area contributed by atoms with Gasteiger partial charge in [0.05, 0.1) is 29.4 Å². The van der Waals surface area contributed by atoms with Crippen molar-refractivity contribution in [2.24, 2.45) is 0 Å². The highest BCUT2D eigenvalue weighted by atomic mass is 35.5. The van der Waals surface area contributed by atoms with Crippen LogP contribution in [0.2, 0.25) is 5.02 Å². The minimum Gasteiger partial charge on any atom is -0.495 e. The van der Waals surface area contributed by atoms with Gasteiger partial charge in [0, 0.05) is 10.7 Å². The molecule has 0 saturated carbocycles. The lowest BCUT2D eigenvalue weighted by Crippen LogP contribution is -2.28. The Morgan fingerprint density at radius 2 is 1.91 bits per heavy atom. The molecule has 33 heavy (non-hydrogen) atoms. The Morgan fingerprint density at radius 1 is 1.15 bits per heavy atom. The van der Waals surface area contributed by atoms with E-state index in [4.69, 9.17) is 16.3 Å². The summed E-state index contributed by atoms with van der Waals surface area (Å²) >= 11 is 7.13. The number of nitrogens with one attached hydrogen (secondary N) is 2. The number of hydrogen-bond donors (Lipinski definition) is 2. The molecular weight excluding hydrogens is 464 g/mol. The van der Waals surface area contributed by atoms with Crippen LogP contribution in [0, 0.1) is 6.92 Å². The Labute approximate surface area is 197 Å². The largest absolute Gasteiger partial charge is 0.495 e. The van der Waals surface area contributed by atoms with Gasteiger partial charge in [-0.2, -0.15) is 0 Å². The van der Waals surface area contributed by atoms with Crippen LogP contribution in [0.1, 0.15) is 15.2 Å². The van der Waals surface area contributed by atoms with Gasteiger partial charge < -0.3 is 15.4 Å². The average molecular weight is 483 g/mol. The summed E-state index contributed by atoms with van der Waals surface area (Å²) in [6.07, 6.45) is 1.30. The molecule has 0 bridgehead atoms. The van der Waals surface area contributed by atoms with E-state index < -0.39 is 11.5 Å². The zero-order valence-corrected chi connectivity index (χ0v) is 19.3. The van der Waals surface area contributed by atoms with Crippen LogP contribution < -0.4 is 20.9 Å². The van der Waals surface area contributed by atoms with Crippen LogP contribution in [-0.2, 0) is 11.3 Å². The number of aryl methyl sites for hydroxylation is 1. The molecule has 10 heteroatoms. The van der Waals surface area contributed by atoms with E-state index in [1.165, 1.54) is 18.0 Å². The molecule has 2 heterocycles. The number of hydrogen-bond acceptors (Lipinski definition) is 6. The van der Waals surface area contributed by atoms with E-state index in [0.717, 1.165) is 11.3 Å². The molecule has 2 amide bonds. The summed E-state index contributed by atoms with van der Waals surface area (Å²) in [4.78, 5) is 43.5. The maximum atomic E-state index is 13.1. The Balaban J connectivity index is 1.59. The van der Waals surface area contributed by atoms with Crippen LogP contribution in [0.4, 0.5) is 11.4 Å². The van der Waals surface area contributed by atoms with E-state index in [9.17, 15) is 14.4 Å². The highest BCUT2D eigenvalue weighted by Gasteiger charge is 2.20. The van der Waals surface area contributed by atoms with E-state index in [0.29, 0.717) is 42.8 Å². The minimum absolute atomic E-state index is 0.266. The third-order valence-corrected chi connectivity index (χ3v) is 6.34. The van der Waals surface area contributed by atoms with Gasteiger partial charge in [-0.1, -0.05) is 29.8 Å². The van der Waals surface area contributed by atoms with Gasteiger partial charge >= 0.3 is 0 Å². The standard InChI is InChI=1S/C23H19ClN4O4S/c1-13-19-22(33-20(13)21(30)26-15-6-4-3-5-7-15)25-12-28(23(19)31)11-18(29)27-16-10-14(24)8-9-17(16)32-2/h3-10,12H,11H2,1-2H3,(H,26,30)(H,27,29). The predicted molar refractivity (Wildman–Crippen MR) is 130 cm³/mol. The monoisotopic (exact) mass is 482 g/mol. The quantitative estimate of drug-likeness (QED) is 0.426. The molecule has 2 aromatic heterocycles. The van der Waals surface area contributed by atoms with E-state index >= 15 is 0 Å². The first-order chi connectivity index (χ1) is 15.9. The molecule has 2 aromatic carbocycles. The minimum atomic E-state index is -0.450. The fraction of sp³-hybridized carbons (Fsp3) is 0.130. The number of aromatic nitrogens is 2. The molecule has 0 radical (unpaired) electrons. The zero-order chi connectivity index (χ0) is 23.5. The highest BCUT2D eigenvalue weighted by molar-refractivity contribution is 7.20. The van der Waals surface area contributed by atoms with Gasteiger partial charge in [-0.3, -0.25) is 19.0 Å². The van der Waals surface area contributed by atoms with Crippen molar-refractivity contribution in [1.29, 1.82) is 0 Å². The van der Waals surface area contributed by atoms with Crippen molar-refractivity contribution in [3.05, 3.63) is 80.7 Å². The summed E-state index contributed by atoms with van der Waals surface area (Å²) in [5.74, 6) is -0.330. The molecular formula is C23H19ClN4O4S. The van der Waals surface area contributed by atoms with Crippen molar-refractivity contribution in [1.82, 2.24) is 9.55 Å². The van der Waals surface area contributed by atoms with E-state index in [-0.39, 0.29) is 12.5 Å². The van der Waals surface area contributed by atoms with Gasteiger partial charge in [0.2, 0.25) is 5.91 Å². The van der Waals surface area contributed by atoms with Crippen LogP contribution in [0.25, 0.3) is 10.2 Å². The second kappa shape index (κ2) is 9.43. The number of amides is 2. The maximum absolute atomic E-state index is 13.1. The first-order valence-electron chi connectivity index (χ1n) is 9.85. The second-order valence-electron chi connectivity index (χ2n) is 7.13. The highest BCUT2D eigenvalue weighted by Crippen LogP contribution is 2.29. The van der Waals surface area contributed by atoms with Crippen LogP contribution in [0.15, 0.2) is 59.7 Å². The Bertz CT molecular complexity index is 1420. The topological polar surface area (TPSA) is 102 Å². The predicted octanol–water partition coefficient (Wildman–Crippen LogP) is 4.32. The number of thiophene rings is 1.